The zero-order chi connectivity index (χ0) is 15.4. The van der Waals surface area contributed by atoms with Crippen LogP contribution in [0.1, 0.15) is 22.6 Å². The summed E-state index contributed by atoms with van der Waals surface area (Å²) in [5, 5.41) is 9.76. The predicted octanol–water partition coefficient (Wildman–Crippen LogP) is 3.90. The maximum atomic E-state index is 9.76. The molecule has 2 aromatic carbocycles. The van der Waals surface area contributed by atoms with Crippen LogP contribution in [0.15, 0.2) is 60.2 Å². The Balaban J connectivity index is 1.72. The number of nitriles is 1. The lowest BCUT2D eigenvalue weighted by molar-refractivity contribution is 0.0604. The molecule has 2 fully saturated rings. The molecule has 0 bridgehead atoms. The Morgan fingerprint density at radius 3 is 2.65 bits per heavy atom. The molecule has 2 aliphatic carbocycles. The molecule has 2 aromatic rings. The van der Waals surface area contributed by atoms with Crippen LogP contribution in [0.2, 0.25) is 0 Å². The lowest BCUT2D eigenvalue weighted by Gasteiger charge is -2.59. The summed E-state index contributed by atoms with van der Waals surface area (Å²) in [5.41, 5.74) is 4.82. The van der Waals surface area contributed by atoms with Crippen molar-refractivity contribution in [3.63, 3.8) is 0 Å². The predicted molar refractivity (Wildman–Crippen MR) is 88.7 cm³/mol. The Bertz CT molecular complexity index is 848. The molecule has 112 valence electrons. The van der Waals surface area contributed by atoms with Crippen molar-refractivity contribution in [3.05, 3.63) is 76.9 Å². The summed E-state index contributed by atoms with van der Waals surface area (Å²) in [6.45, 7) is 1.53. The van der Waals surface area contributed by atoms with E-state index >= 15 is 0 Å². The molecule has 1 aliphatic heterocycles. The van der Waals surface area contributed by atoms with Gasteiger partial charge in [-0.3, -0.25) is 0 Å². The first kappa shape index (κ1) is 13.1. The summed E-state index contributed by atoms with van der Waals surface area (Å²) in [6.07, 6.45) is 2.09. The van der Waals surface area contributed by atoms with Crippen LogP contribution in [-0.4, -0.2) is 13.2 Å². The molecular weight excluding hydrogens is 282 g/mol. The van der Waals surface area contributed by atoms with Crippen LogP contribution in [-0.2, 0) is 10.2 Å². The van der Waals surface area contributed by atoms with E-state index in [9.17, 15) is 5.26 Å². The van der Waals surface area contributed by atoms with Gasteiger partial charge in [-0.15, -0.1) is 0 Å². The van der Waals surface area contributed by atoms with Crippen LogP contribution in [0.4, 0.5) is 0 Å². The molecule has 1 spiro atoms. The van der Waals surface area contributed by atoms with Gasteiger partial charge >= 0.3 is 0 Å². The molecule has 2 nitrogen and oxygen atoms in total. The average molecular weight is 299 g/mol. The Labute approximate surface area is 136 Å². The van der Waals surface area contributed by atoms with Gasteiger partial charge in [0.2, 0.25) is 0 Å². The van der Waals surface area contributed by atoms with Crippen molar-refractivity contribution < 1.29 is 4.74 Å². The molecule has 1 saturated heterocycles. The highest BCUT2D eigenvalue weighted by Gasteiger charge is 2.68. The molecule has 1 saturated carbocycles. The topological polar surface area (TPSA) is 33.0 Å². The summed E-state index contributed by atoms with van der Waals surface area (Å²) >= 11 is 0. The van der Waals surface area contributed by atoms with Gasteiger partial charge in [0.25, 0.3) is 0 Å². The van der Waals surface area contributed by atoms with Gasteiger partial charge in [0, 0.05) is 22.8 Å². The Kier molecular flexibility index (Phi) is 2.60. The van der Waals surface area contributed by atoms with Gasteiger partial charge in [-0.2, -0.15) is 5.26 Å². The van der Waals surface area contributed by atoms with Crippen LogP contribution in [0.5, 0.6) is 0 Å². The molecule has 1 heterocycles. The zero-order valence-electron chi connectivity index (χ0n) is 12.8. The van der Waals surface area contributed by atoms with Crippen molar-refractivity contribution in [3.8, 4) is 6.07 Å². The third-order valence-corrected chi connectivity index (χ3v) is 6.07. The Hall–Kier alpha value is -2.37. The van der Waals surface area contributed by atoms with Gasteiger partial charge in [-0.1, -0.05) is 54.6 Å². The zero-order valence-corrected chi connectivity index (χ0v) is 12.8. The highest BCUT2D eigenvalue weighted by atomic mass is 16.5. The molecule has 3 aliphatic rings. The van der Waals surface area contributed by atoms with E-state index in [4.69, 9.17) is 4.74 Å². The molecule has 23 heavy (non-hydrogen) atoms. The van der Waals surface area contributed by atoms with Crippen LogP contribution >= 0.6 is 0 Å². The summed E-state index contributed by atoms with van der Waals surface area (Å²) in [6, 6.07) is 21.7. The second-order valence-electron chi connectivity index (χ2n) is 6.87. The van der Waals surface area contributed by atoms with Crippen molar-refractivity contribution in [1.29, 1.82) is 5.26 Å². The SMILES string of the molecule is N#CC1=Cc2ccccc2[C@]23COC[C@H]2[C@H](c2ccccc2)C13. The van der Waals surface area contributed by atoms with E-state index in [1.54, 1.807) is 0 Å². The quantitative estimate of drug-likeness (QED) is 0.800. The molecule has 2 heteroatoms. The minimum atomic E-state index is -0.00306. The summed E-state index contributed by atoms with van der Waals surface area (Å²) in [5.74, 6) is 1.10. The minimum absolute atomic E-state index is 0.00306. The summed E-state index contributed by atoms with van der Waals surface area (Å²) in [4.78, 5) is 0. The van der Waals surface area contributed by atoms with Gasteiger partial charge in [-0.05, 0) is 28.7 Å². The molecule has 0 aromatic heterocycles. The second-order valence-corrected chi connectivity index (χ2v) is 6.87. The Morgan fingerprint density at radius 1 is 1.04 bits per heavy atom. The maximum Gasteiger partial charge on any atom is 0.0950 e. The van der Waals surface area contributed by atoms with E-state index in [1.807, 2.05) is 0 Å². The van der Waals surface area contributed by atoms with Crippen LogP contribution in [0, 0.1) is 23.2 Å². The maximum absolute atomic E-state index is 9.76. The monoisotopic (exact) mass is 299 g/mol. The van der Waals surface area contributed by atoms with E-state index in [1.165, 1.54) is 16.7 Å². The van der Waals surface area contributed by atoms with E-state index in [0.29, 0.717) is 11.8 Å². The molecule has 0 radical (unpaired) electrons. The van der Waals surface area contributed by atoms with Gasteiger partial charge in [-0.25, -0.2) is 0 Å². The second kappa shape index (κ2) is 4.57. The first-order valence-electron chi connectivity index (χ1n) is 8.20. The van der Waals surface area contributed by atoms with Crippen molar-refractivity contribution in [2.24, 2.45) is 11.8 Å². The molecule has 1 unspecified atom stereocenters. The van der Waals surface area contributed by atoms with Gasteiger partial charge in [0.05, 0.1) is 19.3 Å². The number of ether oxygens (including phenoxy) is 1. The van der Waals surface area contributed by atoms with Crippen LogP contribution < -0.4 is 0 Å². The Morgan fingerprint density at radius 2 is 1.83 bits per heavy atom. The fourth-order valence-corrected chi connectivity index (χ4v) is 5.21. The fourth-order valence-electron chi connectivity index (χ4n) is 5.21. The third-order valence-electron chi connectivity index (χ3n) is 6.07. The highest BCUT2D eigenvalue weighted by Crippen LogP contribution is 2.68. The number of nitrogens with zero attached hydrogens (tertiary/aromatic N) is 1. The summed E-state index contributed by atoms with van der Waals surface area (Å²) < 4.78 is 5.96. The van der Waals surface area contributed by atoms with Gasteiger partial charge in [0.1, 0.15) is 0 Å². The molecular formula is C21H17NO. The number of benzene rings is 2. The van der Waals surface area contributed by atoms with E-state index in [-0.39, 0.29) is 11.3 Å². The van der Waals surface area contributed by atoms with E-state index < -0.39 is 0 Å². The smallest absolute Gasteiger partial charge is 0.0950 e. The molecule has 5 rings (SSSR count). The number of fused-ring (bicyclic) bond motifs is 1. The minimum Gasteiger partial charge on any atom is -0.380 e. The summed E-state index contributed by atoms with van der Waals surface area (Å²) in [7, 11) is 0. The molecule has 0 amide bonds. The molecule has 0 N–H and O–H groups in total. The first-order chi connectivity index (χ1) is 11.4. The molecule has 4 atom stereocenters. The van der Waals surface area contributed by atoms with Gasteiger partial charge < -0.3 is 4.74 Å². The van der Waals surface area contributed by atoms with Crippen molar-refractivity contribution in [2.75, 3.05) is 13.2 Å². The van der Waals surface area contributed by atoms with E-state index in [0.717, 1.165) is 18.8 Å². The highest BCUT2D eigenvalue weighted by molar-refractivity contribution is 5.70. The number of rotatable bonds is 1. The van der Waals surface area contributed by atoms with Crippen molar-refractivity contribution in [1.82, 2.24) is 0 Å². The van der Waals surface area contributed by atoms with Crippen molar-refractivity contribution in [2.45, 2.75) is 11.3 Å². The number of hydrogen-bond acceptors (Lipinski definition) is 2. The lowest BCUT2D eigenvalue weighted by Crippen LogP contribution is -2.60. The third kappa shape index (κ3) is 1.51. The number of allylic oxidation sites excluding steroid dienone is 1. The fraction of sp³-hybridized carbons (Fsp3) is 0.286. The largest absolute Gasteiger partial charge is 0.380 e. The first-order valence-corrected chi connectivity index (χ1v) is 8.20. The standard InChI is InChI=1S/C21H17NO/c22-11-16-10-15-8-4-5-9-17(15)21-13-23-12-18(21)19(20(16)21)14-6-2-1-3-7-14/h1-10,18-20H,12-13H2/t18-,19-,20?,21+/m0/s1. The number of hydrogen-bond donors (Lipinski definition) is 0. The normalized spacial score (nSPS) is 33.5. The van der Waals surface area contributed by atoms with Crippen LogP contribution in [0.3, 0.4) is 0 Å². The lowest BCUT2D eigenvalue weighted by atomic mass is 9.41. The van der Waals surface area contributed by atoms with Crippen LogP contribution in [0.25, 0.3) is 6.08 Å². The average Bonchev–Trinajstić information content (AvgIpc) is 2.93. The van der Waals surface area contributed by atoms with E-state index in [2.05, 4.69) is 66.7 Å². The van der Waals surface area contributed by atoms with Crippen molar-refractivity contribution >= 4 is 6.08 Å². The van der Waals surface area contributed by atoms with Gasteiger partial charge in [0.15, 0.2) is 0 Å².